The van der Waals surface area contributed by atoms with Crippen molar-refractivity contribution in [2.45, 2.75) is 32.0 Å². The van der Waals surface area contributed by atoms with E-state index in [-0.39, 0.29) is 24.8 Å². The number of amides is 5. The SMILES string of the molecule is O=C1CCC(N2Cc3ccc(CNC(=O)Nc4cccc5c4OCCO5)cc3C2=O)C(=O)N1. The van der Waals surface area contributed by atoms with Crippen molar-refractivity contribution in [3.8, 4) is 11.5 Å². The number of anilines is 1. The molecule has 0 aliphatic carbocycles. The fourth-order valence-corrected chi connectivity index (χ4v) is 4.23. The molecule has 10 nitrogen and oxygen atoms in total. The molecule has 1 atom stereocenters. The average Bonchev–Trinajstić information content (AvgIpc) is 3.13. The number of hydrogen-bond acceptors (Lipinski definition) is 6. The lowest BCUT2D eigenvalue weighted by Gasteiger charge is -2.29. The number of carbonyl (C=O) groups is 4. The van der Waals surface area contributed by atoms with Gasteiger partial charge in [-0.05, 0) is 35.7 Å². The van der Waals surface area contributed by atoms with Gasteiger partial charge in [0.2, 0.25) is 11.8 Å². The number of benzene rings is 2. The van der Waals surface area contributed by atoms with Crippen molar-refractivity contribution in [2.75, 3.05) is 18.5 Å². The molecule has 5 amide bonds. The fraction of sp³-hybridized carbons (Fsp3) is 0.304. The molecular weight excluding hydrogens is 428 g/mol. The van der Waals surface area contributed by atoms with Crippen LogP contribution in [0.5, 0.6) is 11.5 Å². The average molecular weight is 450 g/mol. The Morgan fingerprint density at radius 3 is 2.82 bits per heavy atom. The van der Waals surface area contributed by atoms with E-state index in [2.05, 4.69) is 16.0 Å². The first-order valence-corrected chi connectivity index (χ1v) is 10.7. The Hall–Kier alpha value is -4.08. The van der Waals surface area contributed by atoms with Crippen molar-refractivity contribution in [1.82, 2.24) is 15.5 Å². The van der Waals surface area contributed by atoms with Gasteiger partial charge in [-0.15, -0.1) is 0 Å². The van der Waals surface area contributed by atoms with Crippen molar-refractivity contribution in [1.29, 1.82) is 0 Å². The zero-order valence-corrected chi connectivity index (χ0v) is 17.7. The van der Waals surface area contributed by atoms with E-state index in [1.165, 1.54) is 4.90 Å². The van der Waals surface area contributed by atoms with Crippen molar-refractivity contribution in [3.63, 3.8) is 0 Å². The summed E-state index contributed by atoms with van der Waals surface area (Å²) < 4.78 is 11.1. The first kappa shape index (κ1) is 20.8. The molecule has 1 saturated heterocycles. The summed E-state index contributed by atoms with van der Waals surface area (Å²) in [5, 5.41) is 7.83. The van der Waals surface area contributed by atoms with Crippen LogP contribution in [0.15, 0.2) is 36.4 Å². The summed E-state index contributed by atoms with van der Waals surface area (Å²) in [5.41, 5.74) is 2.57. The number of ether oxygens (including phenoxy) is 2. The van der Waals surface area contributed by atoms with Gasteiger partial charge in [0.1, 0.15) is 19.3 Å². The molecule has 3 heterocycles. The quantitative estimate of drug-likeness (QED) is 0.607. The molecule has 3 aliphatic rings. The number of para-hydroxylation sites is 1. The van der Waals surface area contributed by atoms with Gasteiger partial charge in [-0.25, -0.2) is 4.79 Å². The number of hydrogen-bond donors (Lipinski definition) is 3. The Morgan fingerprint density at radius 1 is 1.12 bits per heavy atom. The van der Waals surface area contributed by atoms with E-state index < -0.39 is 18.0 Å². The standard InChI is InChI=1S/C23H22N4O6/c28-19-7-6-17(21(29)26-19)27-12-14-5-4-13(10-15(14)22(27)30)11-24-23(31)25-16-2-1-3-18-20(16)33-9-8-32-18/h1-5,10,17H,6-9,11-12H2,(H2,24,25,31)(H,26,28,29). The van der Waals surface area contributed by atoms with E-state index >= 15 is 0 Å². The van der Waals surface area contributed by atoms with Crippen LogP contribution in [0, 0.1) is 0 Å². The van der Waals surface area contributed by atoms with Crippen LogP contribution >= 0.6 is 0 Å². The summed E-state index contributed by atoms with van der Waals surface area (Å²) >= 11 is 0. The summed E-state index contributed by atoms with van der Waals surface area (Å²) in [5.74, 6) is 0.0665. The number of urea groups is 1. The van der Waals surface area contributed by atoms with Crippen molar-refractivity contribution in [3.05, 3.63) is 53.1 Å². The van der Waals surface area contributed by atoms with Crippen LogP contribution in [-0.4, -0.2) is 47.9 Å². The van der Waals surface area contributed by atoms with Crippen molar-refractivity contribution < 1.29 is 28.7 Å². The van der Waals surface area contributed by atoms with Gasteiger partial charge < -0.3 is 25.0 Å². The third-order valence-corrected chi connectivity index (χ3v) is 5.86. The monoisotopic (exact) mass is 450 g/mol. The molecule has 3 N–H and O–H groups in total. The van der Waals surface area contributed by atoms with Crippen LogP contribution in [0.1, 0.15) is 34.3 Å². The summed E-state index contributed by atoms with van der Waals surface area (Å²) in [4.78, 5) is 50.4. The molecular formula is C23H22N4O6. The van der Waals surface area contributed by atoms with E-state index in [9.17, 15) is 19.2 Å². The predicted molar refractivity (Wildman–Crippen MR) is 116 cm³/mol. The predicted octanol–water partition coefficient (Wildman–Crippen LogP) is 1.54. The minimum Gasteiger partial charge on any atom is -0.486 e. The maximum atomic E-state index is 12.9. The van der Waals surface area contributed by atoms with Gasteiger partial charge >= 0.3 is 6.03 Å². The van der Waals surface area contributed by atoms with E-state index in [0.29, 0.717) is 48.9 Å². The number of carbonyl (C=O) groups excluding carboxylic acids is 4. The van der Waals surface area contributed by atoms with Gasteiger partial charge in [-0.2, -0.15) is 0 Å². The molecule has 1 fully saturated rings. The highest BCUT2D eigenvalue weighted by molar-refractivity contribution is 6.05. The van der Waals surface area contributed by atoms with E-state index in [1.54, 1.807) is 24.3 Å². The smallest absolute Gasteiger partial charge is 0.319 e. The number of rotatable bonds is 4. The summed E-state index contributed by atoms with van der Waals surface area (Å²) in [7, 11) is 0. The number of nitrogens with one attached hydrogen (secondary N) is 3. The molecule has 1 unspecified atom stereocenters. The molecule has 33 heavy (non-hydrogen) atoms. The van der Waals surface area contributed by atoms with E-state index in [0.717, 1.165) is 11.1 Å². The molecule has 2 aromatic rings. The van der Waals surface area contributed by atoms with Gasteiger partial charge in [0.25, 0.3) is 5.91 Å². The number of nitrogens with zero attached hydrogens (tertiary/aromatic N) is 1. The minimum absolute atomic E-state index is 0.206. The molecule has 5 rings (SSSR count). The third kappa shape index (κ3) is 4.07. The van der Waals surface area contributed by atoms with Gasteiger partial charge in [0.15, 0.2) is 11.5 Å². The van der Waals surface area contributed by atoms with Crippen molar-refractivity contribution in [2.24, 2.45) is 0 Å². The molecule has 0 aromatic heterocycles. The van der Waals surface area contributed by atoms with Gasteiger partial charge in [-0.3, -0.25) is 19.7 Å². The molecule has 10 heteroatoms. The summed E-state index contributed by atoms with van der Waals surface area (Å²) in [6.07, 6.45) is 0.527. The normalized spacial score (nSPS) is 19.1. The lowest BCUT2D eigenvalue weighted by atomic mass is 10.0. The lowest BCUT2D eigenvalue weighted by Crippen LogP contribution is -2.52. The third-order valence-electron chi connectivity index (χ3n) is 5.86. The highest BCUT2D eigenvalue weighted by Gasteiger charge is 2.39. The maximum absolute atomic E-state index is 12.9. The topological polar surface area (TPSA) is 126 Å². The molecule has 170 valence electrons. The first-order chi connectivity index (χ1) is 16.0. The highest BCUT2D eigenvalue weighted by atomic mass is 16.6. The Kier molecular flexibility index (Phi) is 5.33. The second kappa shape index (κ2) is 8.45. The summed E-state index contributed by atoms with van der Waals surface area (Å²) in [6, 6.07) is 9.58. The van der Waals surface area contributed by atoms with Crippen LogP contribution in [-0.2, 0) is 22.7 Å². The highest BCUT2D eigenvalue weighted by Crippen LogP contribution is 2.37. The Balaban J connectivity index is 1.22. The number of fused-ring (bicyclic) bond motifs is 2. The summed E-state index contributed by atoms with van der Waals surface area (Å²) in [6.45, 7) is 1.39. The van der Waals surface area contributed by atoms with Crippen molar-refractivity contribution >= 4 is 29.4 Å². The Bertz CT molecular complexity index is 1160. The Morgan fingerprint density at radius 2 is 1.97 bits per heavy atom. The molecule has 0 spiro atoms. The van der Waals surface area contributed by atoms with Gasteiger partial charge in [-0.1, -0.05) is 18.2 Å². The number of piperidine rings is 1. The molecule has 0 saturated carbocycles. The largest absolute Gasteiger partial charge is 0.486 e. The van der Waals surface area contributed by atoms with E-state index in [1.807, 2.05) is 12.1 Å². The van der Waals surface area contributed by atoms with Gasteiger partial charge in [0.05, 0.1) is 5.69 Å². The second-order valence-electron chi connectivity index (χ2n) is 8.03. The molecule has 2 aromatic carbocycles. The lowest BCUT2D eigenvalue weighted by molar-refractivity contribution is -0.136. The van der Waals surface area contributed by atoms with Crippen LogP contribution in [0.3, 0.4) is 0 Å². The van der Waals surface area contributed by atoms with Crippen LogP contribution < -0.4 is 25.4 Å². The molecule has 0 radical (unpaired) electrons. The van der Waals surface area contributed by atoms with Crippen LogP contribution in [0.4, 0.5) is 10.5 Å². The number of imide groups is 1. The first-order valence-electron chi connectivity index (χ1n) is 10.7. The molecule has 3 aliphatic heterocycles. The molecule has 0 bridgehead atoms. The minimum atomic E-state index is -0.655. The van der Waals surface area contributed by atoms with Gasteiger partial charge in [0, 0.05) is 25.1 Å². The fourth-order valence-electron chi connectivity index (χ4n) is 4.23. The van der Waals surface area contributed by atoms with Crippen LogP contribution in [0.25, 0.3) is 0 Å². The zero-order valence-electron chi connectivity index (χ0n) is 17.7. The Labute approximate surface area is 189 Å². The van der Waals surface area contributed by atoms with Crippen LogP contribution in [0.2, 0.25) is 0 Å². The second-order valence-corrected chi connectivity index (χ2v) is 8.03. The maximum Gasteiger partial charge on any atom is 0.319 e. The zero-order chi connectivity index (χ0) is 22.9. The van der Waals surface area contributed by atoms with E-state index in [4.69, 9.17) is 9.47 Å².